The predicted molar refractivity (Wildman–Crippen MR) is 69.0 cm³/mol. The number of ether oxygens (including phenoxy) is 1. The molecule has 0 saturated carbocycles. The number of likely N-dealkylation sites (N-methyl/N-ethyl adjacent to an activating group) is 1. The Balaban J connectivity index is 2.39. The predicted octanol–water partition coefficient (Wildman–Crippen LogP) is 0.909. The highest BCUT2D eigenvalue weighted by Crippen LogP contribution is 2.13. The number of hydrogen-bond donors (Lipinski definition) is 2. The number of carbonyl (C=O) groups is 1. The third-order valence-electron chi connectivity index (χ3n) is 2.31. The number of rotatable bonds is 8. The van der Waals surface area contributed by atoms with E-state index in [1.165, 1.54) is 0 Å². The average molecular weight is 271 g/mol. The van der Waals surface area contributed by atoms with Crippen LogP contribution in [0.1, 0.15) is 10.4 Å². The second-order valence-electron chi connectivity index (χ2n) is 4.20. The summed E-state index contributed by atoms with van der Waals surface area (Å²) in [5.74, 6) is -1.75. The summed E-state index contributed by atoms with van der Waals surface area (Å²) < 4.78 is 18.2. The van der Waals surface area contributed by atoms with Crippen molar-refractivity contribution >= 4 is 11.8 Å². The first-order valence-electron chi connectivity index (χ1n) is 5.86. The van der Waals surface area contributed by atoms with E-state index in [2.05, 4.69) is 10.3 Å². The van der Waals surface area contributed by atoms with Crippen LogP contribution in [0.25, 0.3) is 0 Å². The van der Waals surface area contributed by atoms with Crippen LogP contribution in [-0.4, -0.2) is 61.4 Å². The largest absolute Gasteiger partial charge is 0.478 e. The van der Waals surface area contributed by atoms with Crippen molar-refractivity contribution in [2.45, 2.75) is 0 Å². The molecule has 0 fully saturated rings. The Morgan fingerprint density at radius 2 is 2.26 bits per heavy atom. The summed E-state index contributed by atoms with van der Waals surface area (Å²) in [6, 6.07) is 0.935. The number of nitrogens with one attached hydrogen (secondary N) is 1. The van der Waals surface area contributed by atoms with Crippen LogP contribution in [0.15, 0.2) is 12.3 Å². The Labute approximate surface area is 111 Å². The molecule has 1 aromatic rings. The molecule has 0 bridgehead atoms. The van der Waals surface area contributed by atoms with Gasteiger partial charge in [0.2, 0.25) is 0 Å². The number of aromatic carboxylic acids is 1. The van der Waals surface area contributed by atoms with Crippen molar-refractivity contribution in [1.82, 2.24) is 9.88 Å². The van der Waals surface area contributed by atoms with Crippen LogP contribution >= 0.6 is 0 Å². The molecule has 0 atom stereocenters. The Kier molecular flexibility index (Phi) is 6.17. The monoisotopic (exact) mass is 271 g/mol. The lowest BCUT2D eigenvalue weighted by molar-refractivity contribution is 0.0696. The number of carboxylic acids is 1. The Morgan fingerprint density at radius 3 is 2.89 bits per heavy atom. The van der Waals surface area contributed by atoms with E-state index in [9.17, 15) is 9.18 Å². The average Bonchev–Trinajstić information content (AvgIpc) is 2.34. The molecule has 19 heavy (non-hydrogen) atoms. The van der Waals surface area contributed by atoms with Crippen molar-refractivity contribution in [3.05, 3.63) is 23.6 Å². The number of aromatic nitrogens is 1. The maximum absolute atomic E-state index is 12.9. The summed E-state index contributed by atoms with van der Waals surface area (Å²) in [5.41, 5.74) is -0.187. The fraction of sp³-hybridized carbons (Fsp3) is 0.500. The van der Waals surface area contributed by atoms with Gasteiger partial charge >= 0.3 is 5.97 Å². The Morgan fingerprint density at radius 1 is 1.53 bits per heavy atom. The van der Waals surface area contributed by atoms with Crippen molar-refractivity contribution in [3.8, 4) is 0 Å². The molecule has 0 aliphatic rings. The fourth-order valence-electron chi connectivity index (χ4n) is 1.33. The SMILES string of the molecule is CN(C)CCOCCNc1ncc(F)cc1C(=O)O. The first-order valence-corrected chi connectivity index (χ1v) is 5.86. The maximum atomic E-state index is 12.9. The van der Waals surface area contributed by atoms with Gasteiger partial charge in [-0.2, -0.15) is 0 Å². The number of nitrogens with zero attached hydrogens (tertiary/aromatic N) is 2. The first kappa shape index (κ1) is 15.3. The number of anilines is 1. The molecule has 1 rings (SSSR count). The van der Waals surface area contributed by atoms with Gasteiger partial charge in [-0.15, -0.1) is 0 Å². The van der Waals surface area contributed by atoms with Gasteiger partial charge in [0.15, 0.2) is 0 Å². The van der Waals surface area contributed by atoms with Gasteiger partial charge in [-0.25, -0.2) is 14.2 Å². The van der Waals surface area contributed by atoms with E-state index in [1.807, 2.05) is 19.0 Å². The van der Waals surface area contributed by atoms with Gasteiger partial charge in [0, 0.05) is 13.1 Å². The van der Waals surface area contributed by atoms with Crippen LogP contribution in [0.4, 0.5) is 10.2 Å². The van der Waals surface area contributed by atoms with Gasteiger partial charge in [0.25, 0.3) is 0 Å². The van der Waals surface area contributed by atoms with Crippen molar-refractivity contribution in [2.24, 2.45) is 0 Å². The summed E-state index contributed by atoms with van der Waals surface area (Å²) >= 11 is 0. The minimum absolute atomic E-state index is 0.144. The lowest BCUT2D eigenvalue weighted by Gasteiger charge is -2.11. The van der Waals surface area contributed by atoms with Crippen LogP contribution in [0.3, 0.4) is 0 Å². The zero-order valence-corrected chi connectivity index (χ0v) is 11.0. The van der Waals surface area contributed by atoms with Gasteiger partial charge in [-0.1, -0.05) is 0 Å². The van der Waals surface area contributed by atoms with Gasteiger partial charge in [0.05, 0.1) is 19.4 Å². The van der Waals surface area contributed by atoms with E-state index in [0.717, 1.165) is 18.8 Å². The van der Waals surface area contributed by atoms with E-state index in [4.69, 9.17) is 9.84 Å². The third kappa shape index (κ3) is 5.62. The minimum atomic E-state index is -1.22. The van der Waals surface area contributed by atoms with Crippen molar-refractivity contribution in [1.29, 1.82) is 0 Å². The first-order chi connectivity index (χ1) is 9.00. The van der Waals surface area contributed by atoms with Crippen LogP contribution in [0.5, 0.6) is 0 Å². The number of hydrogen-bond acceptors (Lipinski definition) is 5. The van der Waals surface area contributed by atoms with Crippen molar-refractivity contribution < 1.29 is 19.0 Å². The highest BCUT2D eigenvalue weighted by molar-refractivity contribution is 5.93. The number of halogens is 1. The van der Waals surface area contributed by atoms with Crippen LogP contribution in [0, 0.1) is 5.82 Å². The summed E-state index contributed by atoms with van der Waals surface area (Å²) in [6.07, 6.45) is 0.974. The molecule has 106 valence electrons. The van der Waals surface area contributed by atoms with Crippen LogP contribution in [-0.2, 0) is 4.74 Å². The maximum Gasteiger partial charge on any atom is 0.339 e. The minimum Gasteiger partial charge on any atom is -0.478 e. The molecule has 0 saturated heterocycles. The summed E-state index contributed by atoms with van der Waals surface area (Å²) in [5, 5.41) is 11.7. The number of carboxylic acid groups (broad SMARTS) is 1. The van der Waals surface area contributed by atoms with Gasteiger partial charge < -0.3 is 20.1 Å². The Hall–Kier alpha value is -1.73. The summed E-state index contributed by atoms with van der Waals surface area (Å²) in [4.78, 5) is 16.6. The van der Waals surface area contributed by atoms with Crippen LogP contribution in [0.2, 0.25) is 0 Å². The highest BCUT2D eigenvalue weighted by atomic mass is 19.1. The van der Waals surface area contributed by atoms with E-state index in [0.29, 0.717) is 19.8 Å². The third-order valence-corrected chi connectivity index (χ3v) is 2.31. The van der Waals surface area contributed by atoms with E-state index >= 15 is 0 Å². The quantitative estimate of drug-likeness (QED) is 0.685. The van der Waals surface area contributed by atoms with Gasteiger partial charge in [0.1, 0.15) is 17.2 Å². The van der Waals surface area contributed by atoms with E-state index in [1.54, 1.807) is 0 Å². The van der Waals surface area contributed by atoms with E-state index < -0.39 is 11.8 Å². The molecule has 6 nitrogen and oxygen atoms in total. The molecular formula is C12H18FN3O3. The molecule has 1 aromatic heterocycles. The lowest BCUT2D eigenvalue weighted by atomic mass is 10.2. The second kappa shape index (κ2) is 7.65. The molecule has 1 heterocycles. The standard InChI is InChI=1S/C12H18FN3O3/c1-16(2)4-6-19-5-3-14-11-10(12(17)18)7-9(13)8-15-11/h7-8H,3-6H2,1-2H3,(H,14,15)(H,17,18). The molecule has 7 heteroatoms. The second-order valence-corrected chi connectivity index (χ2v) is 4.20. The van der Waals surface area contributed by atoms with E-state index in [-0.39, 0.29) is 11.4 Å². The molecule has 0 aliphatic heterocycles. The van der Waals surface area contributed by atoms with Crippen molar-refractivity contribution in [3.63, 3.8) is 0 Å². The molecule has 0 amide bonds. The Bertz CT molecular complexity index is 427. The van der Waals surface area contributed by atoms with Gasteiger partial charge in [-0.05, 0) is 20.2 Å². The fourth-order valence-corrected chi connectivity index (χ4v) is 1.33. The summed E-state index contributed by atoms with van der Waals surface area (Å²) in [6.45, 7) is 2.24. The normalized spacial score (nSPS) is 10.7. The lowest BCUT2D eigenvalue weighted by Crippen LogP contribution is -2.20. The van der Waals surface area contributed by atoms with Gasteiger partial charge in [-0.3, -0.25) is 0 Å². The molecule has 0 unspecified atom stereocenters. The zero-order valence-electron chi connectivity index (χ0n) is 11.0. The summed E-state index contributed by atoms with van der Waals surface area (Å²) in [7, 11) is 3.90. The van der Waals surface area contributed by atoms with Crippen LogP contribution < -0.4 is 5.32 Å². The zero-order chi connectivity index (χ0) is 14.3. The topological polar surface area (TPSA) is 74.7 Å². The van der Waals surface area contributed by atoms with Crippen molar-refractivity contribution in [2.75, 3.05) is 45.7 Å². The molecule has 0 aromatic carbocycles. The molecule has 0 radical (unpaired) electrons. The number of pyridine rings is 1. The highest BCUT2D eigenvalue weighted by Gasteiger charge is 2.12. The molecule has 2 N–H and O–H groups in total. The molecular weight excluding hydrogens is 253 g/mol. The molecule has 0 spiro atoms. The molecule has 0 aliphatic carbocycles. The smallest absolute Gasteiger partial charge is 0.339 e.